The fourth-order valence-corrected chi connectivity index (χ4v) is 2.45. The summed E-state index contributed by atoms with van der Waals surface area (Å²) >= 11 is 0. The average molecular weight is 236 g/mol. The minimum atomic E-state index is 0.327. The van der Waals surface area contributed by atoms with E-state index in [1.165, 1.54) is 16.7 Å². The van der Waals surface area contributed by atoms with E-state index < -0.39 is 0 Å². The van der Waals surface area contributed by atoms with E-state index in [0.29, 0.717) is 6.04 Å². The van der Waals surface area contributed by atoms with Crippen LogP contribution in [-0.4, -0.2) is 18.3 Å². The number of rotatable bonds is 2. The Hall–Kier alpha value is -2.09. The Bertz CT molecular complexity index is 560. The molecule has 2 nitrogen and oxygen atoms in total. The first-order valence-corrected chi connectivity index (χ1v) is 6.24. The zero-order valence-corrected chi connectivity index (χ0v) is 10.5. The van der Waals surface area contributed by atoms with E-state index in [2.05, 4.69) is 64.7 Å². The van der Waals surface area contributed by atoms with Gasteiger partial charge in [-0.2, -0.15) is 5.10 Å². The average Bonchev–Trinajstić information content (AvgIpc) is 2.43. The minimum Gasteiger partial charge on any atom is -0.292 e. The molecular formula is C16H16N2. The lowest BCUT2D eigenvalue weighted by Crippen LogP contribution is -2.26. The molecule has 0 bridgehead atoms. The monoisotopic (exact) mass is 236 g/mol. The molecule has 2 heteroatoms. The molecular weight excluding hydrogens is 220 g/mol. The van der Waals surface area contributed by atoms with Gasteiger partial charge in [0.2, 0.25) is 0 Å². The molecule has 0 N–H and O–H groups in total. The van der Waals surface area contributed by atoms with Crippen molar-refractivity contribution in [2.75, 3.05) is 7.05 Å². The molecule has 3 rings (SSSR count). The van der Waals surface area contributed by atoms with E-state index in [9.17, 15) is 0 Å². The summed E-state index contributed by atoms with van der Waals surface area (Å²) in [6, 6.07) is 19.4. The normalized spacial score (nSPS) is 17.6. The number of hydrogen-bond donors (Lipinski definition) is 0. The molecule has 2 aromatic rings. The molecule has 0 aromatic heterocycles. The zero-order valence-electron chi connectivity index (χ0n) is 10.5. The molecule has 0 spiro atoms. The van der Waals surface area contributed by atoms with Crippen molar-refractivity contribution >= 4 is 6.21 Å². The second kappa shape index (κ2) is 4.65. The van der Waals surface area contributed by atoms with Crippen molar-refractivity contribution in [3.05, 3.63) is 71.3 Å². The van der Waals surface area contributed by atoms with Crippen LogP contribution in [-0.2, 0) is 6.42 Å². The summed E-state index contributed by atoms with van der Waals surface area (Å²) in [6.45, 7) is 0. The van der Waals surface area contributed by atoms with E-state index in [-0.39, 0.29) is 0 Å². The molecule has 90 valence electrons. The van der Waals surface area contributed by atoms with E-state index in [4.69, 9.17) is 0 Å². The molecule has 0 radical (unpaired) electrons. The van der Waals surface area contributed by atoms with Gasteiger partial charge >= 0.3 is 0 Å². The van der Waals surface area contributed by atoms with Crippen molar-refractivity contribution in [1.29, 1.82) is 0 Å². The van der Waals surface area contributed by atoms with Crippen LogP contribution < -0.4 is 0 Å². The molecule has 0 saturated heterocycles. The highest BCUT2D eigenvalue weighted by atomic mass is 15.5. The molecule has 1 heterocycles. The maximum absolute atomic E-state index is 4.46. The van der Waals surface area contributed by atoms with Gasteiger partial charge in [-0.1, -0.05) is 54.6 Å². The van der Waals surface area contributed by atoms with Gasteiger partial charge in [0, 0.05) is 7.05 Å². The van der Waals surface area contributed by atoms with Gasteiger partial charge < -0.3 is 0 Å². The van der Waals surface area contributed by atoms with Crippen molar-refractivity contribution in [2.24, 2.45) is 5.10 Å². The fraction of sp³-hybridized carbons (Fsp3) is 0.188. The Morgan fingerprint density at radius 1 is 1.00 bits per heavy atom. The largest absolute Gasteiger partial charge is 0.292 e. The fourth-order valence-electron chi connectivity index (χ4n) is 2.45. The van der Waals surface area contributed by atoms with Crippen molar-refractivity contribution in [3.63, 3.8) is 0 Å². The van der Waals surface area contributed by atoms with Crippen molar-refractivity contribution in [2.45, 2.75) is 12.5 Å². The number of likely N-dealkylation sites (N-methyl/N-ethyl adjacent to an activating group) is 1. The molecule has 1 unspecified atom stereocenters. The van der Waals surface area contributed by atoms with E-state index in [1.807, 2.05) is 13.3 Å². The van der Waals surface area contributed by atoms with Crippen LogP contribution in [0.2, 0.25) is 0 Å². The van der Waals surface area contributed by atoms with Gasteiger partial charge in [0.15, 0.2) is 0 Å². The van der Waals surface area contributed by atoms with Crippen LogP contribution in [0.15, 0.2) is 59.7 Å². The first-order chi connectivity index (χ1) is 8.84. The van der Waals surface area contributed by atoms with E-state index >= 15 is 0 Å². The summed E-state index contributed by atoms with van der Waals surface area (Å²) in [5.41, 5.74) is 3.94. The highest BCUT2D eigenvalue weighted by molar-refractivity contribution is 5.82. The summed E-state index contributed by atoms with van der Waals surface area (Å²) in [7, 11) is 2.04. The quantitative estimate of drug-likeness (QED) is 0.781. The molecule has 0 fully saturated rings. The molecule has 0 aliphatic carbocycles. The van der Waals surface area contributed by atoms with Crippen LogP contribution in [0.4, 0.5) is 0 Å². The smallest absolute Gasteiger partial charge is 0.0763 e. The van der Waals surface area contributed by atoms with Gasteiger partial charge in [-0.05, 0) is 23.1 Å². The molecule has 0 saturated carbocycles. The van der Waals surface area contributed by atoms with Gasteiger partial charge in [-0.3, -0.25) is 5.01 Å². The lowest BCUT2D eigenvalue weighted by atomic mass is 9.94. The van der Waals surface area contributed by atoms with Crippen LogP contribution in [0, 0.1) is 0 Å². The van der Waals surface area contributed by atoms with Crippen LogP contribution in [0.5, 0.6) is 0 Å². The first-order valence-electron chi connectivity index (χ1n) is 6.24. The Labute approximate surface area is 108 Å². The summed E-state index contributed by atoms with van der Waals surface area (Å²) in [4.78, 5) is 0. The highest BCUT2D eigenvalue weighted by Crippen LogP contribution is 2.29. The van der Waals surface area contributed by atoms with Crippen LogP contribution in [0.1, 0.15) is 22.7 Å². The summed E-state index contributed by atoms with van der Waals surface area (Å²) in [5, 5.41) is 6.51. The Kier molecular flexibility index (Phi) is 2.85. The molecule has 1 aliphatic heterocycles. The summed E-state index contributed by atoms with van der Waals surface area (Å²) in [5.74, 6) is 0. The standard InChI is InChI=1S/C16H16N2/c1-18-16(11-13-7-3-2-4-8-13)15-10-6-5-9-14(15)12-17-18/h2-10,12,16H,11H2,1H3. The maximum atomic E-state index is 4.46. The number of fused-ring (bicyclic) bond motifs is 1. The van der Waals surface area contributed by atoms with E-state index in [0.717, 1.165) is 6.42 Å². The number of hydrogen-bond acceptors (Lipinski definition) is 2. The third-order valence-electron chi connectivity index (χ3n) is 3.46. The van der Waals surface area contributed by atoms with Crippen molar-refractivity contribution in [3.8, 4) is 0 Å². The molecule has 2 aromatic carbocycles. The minimum absolute atomic E-state index is 0.327. The van der Waals surface area contributed by atoms with Crippen molar-refractivity contribution in [1.82, 2.24) is 5.01 Å². The van der Waals surface area contributed by atoms with Crippen LogP contribution >= 0.6 is 0 Å². The number of nitrogens with zero attached hydrogens (tertiary/aromatic N) is 2. The lowest BCUT2D eigenvalue weighted by molar-refractivity contribution is 0.251. The number of hydrazone groups is 1. The SMILES string of the molecule is CN1N=Cc2ccccc2C1Cc1ccccc1. The second-order valence-electron chi connectivity index (χ2n) is 4.65. The molecule has 1 aliphatic rings. The Balaban J connectivity index is 1.94. The van der Waals surface area contributed by atoms with Gasteiger partial charge in [0.05, 0.1) is 12.3 Å². The van der Waals surface area contributed by atoms with E-state index in [1.54, 1.807) is 0 Å². The lowest BCUT2D eigenvalue weighted by Gasteiger charge is -2.30. The predicted molar refractivity (Wildman–Crippen MR) is 74.7 cm³/mol. The Morgan fingerprint density at radius 3 is 2.56 bits per heavy atom. The van der Waals surface area contributed by atoms with Crippen molar-refractivity contribution < 1.29 is 0 Å². The van der Waals surface area contributed by atoms with Crippen LogP contribution in [0.3, 0.4) is 0 Å². The van der Waals surface area contributed by atoms with Gasteiger partial charge in [-0.15, -0.1) is 0 Å². The van der Waals surface area contributed by atoms with Gasteiger partial charge in [0.1, 0.15) is 0 Å². The summed E-state index contributed by atoms with van der Waals surface area (Å²) < 4.78 is 0. The topological polar surface area (TPSA) is 15.6 Å². The highest BCUT2D eigenvalue weighted by Gasteiger charge is 2.21. The molecule has 18 heavy (non-hydrogen) atoms. The molecule has 0 amide bonds. The maximum Gasteiger partial charge on any atom is 0.0763 e. The third-order valence-corrected chi connectivity index (χ3v) is 3.46. The van der Waals surface area contributed by atoms with Gasteiger partial charge in [0.25, 0.3) is 0 Å². The number of benzene rings is 2. The summed E-state index contributed by atoms with van der Waals surface area (Å²) in [6.07, 6.45) is 2.93. The third kappa shape index (κ3) is 2.02. The predicted octanol–water partition coefficient (Wildman–Crippen LogP) is 3.25. The molecule has 1 atom stereocenters. The van der Waals surface area contributed by atoms with Crippen LogP contribution in [0.25, 0.3) is 0 Å². The zero-order chi connectivity index (χ0) is 12.4. The van der Waals surface area contributed by atoms with Gasteiger partial charge in [-0.25, -0.2) is 0 Å². The second-order valence-corrected chi connectivity index (χ2v) is 4.65. The Morgan fingerprint density at radius 2 is 1.72 bits per heavy atom. The first kappa shape index (κ1) is 11.0.